The summed E-state index contributed by atoms with van der Waals surface area (Å²) in [5, 5.41) is 4.94. The third kappa shape index (κ3) is 2.58. The molecule has 1 heterocycles. The van der Waals surface area contributed by atoms with Gasteiger partial charge < -0.3 is 11.1 Å². The van der Waals surface area contributed by atoms with Crippen molar-refractivity contribution in [2.45, 2.75) is 32.7 Å². The highest BCUT2D eigenvalue weighted by Gasteiger charge is 2.31. The maximum atomic E-state index is 12.4. The van der Waals surface area contributed by atoms with E-state index < -0.39 is 0 Å². The van der Waals surface area contributed by atoms with Crippen LogP contribution in [-0.2, 0) is 0 Å². The molecule has 3 N–H and O–H groups in total. The van der Waals surface area contributed by atoms with E-state index in [-0.39, 0.29) is 11.9 Å². The first-order valence-electron chi connectivity index (χ1n) is 7.52. The fourth-order valence-electron chi connectivity index (χ4n) is 3.15. The summed E-state index contributed by atoms with van der Waals surface area (Å²) in [6.45, 7) is 4.44. The van der Waals surface area contributed by atoms with Crippen LogP contribution in [0.2, 0.25) is 0 Å². The van der Waals surface area contributed by atoms with Crippen LogP contribution < -0.4 is 11.1 Å². The standard InChI is InChI=1S/C17H21N3O/c1-10-7-8-14(11(10)2)20-17(21)15-9-12-5-3-4-6-13(12)16(18)19-15/h3-6,9-11,14H,7-8H2,1-2H3,(H2,18,19)(H,20,21). The third-order valence-corrected chi connectivity index (χ3v) is 4.78. The monoisotopic (exact) mass is 283 g/mol. The van der Waals surface area contributed by atoms with Crippen molar-refractivity contribution in [2.75, 3.05) is 5.73 Å². The molecule has 1 aliphatic carbocycles. The average Bonchev–Trinajstić information content (AvgIpc) is 2.79. The van der Waals surface area contributed by atoms with Crippen molar-refractivity contribution in [3.05, 3.63) is 36.0 Å². The van der Waals surface area contributed by atoms with Gasteiger partial charge in [-0.15, -0.1) is 0 Å². The van der Waals surface area contributed by atoms with E-state index in [0.29, 0.717) is 23.3 Å². The number of rotatable bonds is 2. The minimum absolute atomic E-state index is 0.126. The zero-order valence-electron chi connectivity index (χ0n) is 12.5. The minimum Gasteiger partial charge on any atom is -0.383 e. The van der Waals surface area contributed by atoms with Gasteiger partial charge in [0.1, 0.15) is 11.5 Å². The van der Waals surface area contributed by atoms with Crippen molar-refractivity contribution < 1.29 is 4.79 Å². The third-order valence-electron chi connectivity index (χ3n) is 4.78. The number of anilines is 1. The molecule has 0 radical (unpaired) electrons. The van der Waals surface area contributed by atoms with Crippen LogP contribution in [0.3, 0.4) is 0 Å². The smallest absolute Gasteiger partial charge is 0.270 e. The van der Waals surface area contributed by atoms with Crippen molar-refractivity contribution in [1.29, 1.82) is 0 Å². The summed E-state index contributed by atoms with van der Waals surface area (Å²) >= 11 is 0. The molecule has 1 aromatic heterocycles. The number of fused-ring (bicyclic) bond motifs is 1. The van der Waals surface area contributed by atoms with Gasteiger partial charge in [-0.1, -0.05) is 38.1 Å². The van der Waals surface area contributed by atoms with Crippen LogP contribution >= 0.6 is 0 Å². The highest BCUT2D eigenvalue weighted by atomic mass is 16.1. The van der Waals surface area contributed by atoms with Gasteiger partial charge in [-0.3, -0.25) is 4.79 Å². The SMILES string of the molecule is CC1CCC(NC(=O)c2cc3ccccc3c(N)n2)C1C. The van der Waals surface area contributed by atoms with Crippen LogP contribution in [-0.4, -0.2) is 16.9 Å². The van der Waals surface area contributed by atoms with E-state index in [1.54, 1.807) is 0 Å². The number of hydrogen-bond acceptors (Lipinski definition) is 3. The lowest BCUT2D eigenvalue weighted by Crippen LogP contribution is -2.37. The minimum atomic E-state index is -0.126. The summed E-state index contributed by atoms with van der Waals surface area (Å²) in [6, 6.07) is 9.77. The summed E-state index contributed by atoms with van der Waals surface area (Å²) in [5.74, 6) is 1.45. The fraction of sp³-hybridized carbons (Fsp3) is 0.412. The van der Waals surface area contributed by atoms with Gasteiger partial charge in [-0.05, 0) is 36.1 Å². The number of nitrogens with zero attached hydrogens (tertiary/aromatic N) is 1. The van der Waals surface area contributed by atoms with Gasteiger partial charge in [-0.2, -0.15) is 0 Å². The number of pyridine rings is 1. The molecule has 110 valence electrons. The Morgan fingerprint density at radius 3 is 2.76 bits per heavy atom. The lowest BCUT2D eigenvalue weighted by molar-refractivity contribution is 0.0922. The molecule has 0 bridgehead atoms. The number of benzene rings is 1. The second-order valence-electron chi connectivity index (χ2n) is 6.11. The van der Waals surface area contributed by atoms with E-state index in [1.165, 1.54) is 6.42 Å². The number of nitrogen functional groups attached to an aromatic ring is 1. The summed E-state index contributed by atoms with van der Waals surface area (Å²) in [7, 11) is 0. The molecule has 2 aromatic rings. The second-order valence-corrected chi connectivity index (χ2v) is 6.11. The van der Waals surface area contributed by atoms with E-state index in [9.17, 15) is 4.79 Å². The Morgan fingerprint density at radius 2 is 2.05 bits per heavy atom. The average molecular weight is 283 g/mol. The quantitative estimate of drug-likeness (QED) is 0.890. The molecule has 21 heavy (non-hydrogen) atoms. The summed E-state index contributed by atoms with van der Waals surface area (Å²) in [4.78, 5) is 16.7. The number of carbonyl (C=O) groups is 1. The molecule has 1 amide bonds. The van der Waals surface area contributed by atoms with Gasteiger partial charge in [0.15, 0.2) is 0 Å². The number of hydrogen-bond donors (Lipinski definition) is 2. The van der Waals surface area contributed by atoms with Gasteiger partial charge in [-0.25, -0.2) is 4.98 Å². The van der Waals surface area contributed by atoms with Crippen LogP contribution in [0.25, 0.3) is 10.8 Å². The maximum Gasteiger partial charge on any atom is 0.270 e. The first-order chi connectivity index (χ1) is 10.1. The predicted molar refractivity (Wildman–Crippen MR) is 85.0 cm³/mol. The highest BCUT2D eigenvalue weighted by molar-refractivity contribution is 5.99. The molecule has 3 rings (SSSR count). The van der Waals surface area contributed by atoms with Crippen molar-refractivity contribution in [1.82, 2.24) is 10.3 Å². The van der Waals surface area contributed by atoms with E-state index in [2.05, 4.69) is 24.1 Å². The van der Waals surface area contributed by atoms with Gasteiger partial charge in [0.25, 0.3) is 5.91 Å². The zero-order valence-corrected chi connectivity index (χ0v) is 12.5. The van der Waals surface area contributed by atoms with Crippen LogP contribution in [0.4, 0.5) is 5.82 Å². The number of nitrogens with two attached hydrogens (primary N) is 1. The van der Waals surface area contributed by atoms with Gasteiger partial charge >= 0.3 is 0 Å². The Morgan fingerprint density at radius 1 is 1.29 bits per heavy atom. The molecule has 0 spiro atoms. The fourth-order valence-corrected chi connectivity index (χ4v) is 3.15. The molecule has 3 atom stereocenters. The van der Waals surface area contributed by atoms with Gasteiger partial charge in [0.2, 0.25) is 0 Å². The van der Waals surface area contributed by atoms with Crippen LogP contribution in [0.5, 0.6) is 0 Å². The van der Waals surface area contributed by atoms with E-state index in [4.69, 9.17) is 5.73 Å². The largest absolute Gasteiger partial charge is 0.383 e. The molecular formula is C17H21N3O. The van der Waals surface area contributed by atoms with Crippen molar-refractivity contribution in [2.24, 2.45) is 11.8 Å². The van der Waals surface area contributed by atoms with Gasteiger partial charge in [0, 0.05) is 11.4 Å². The molecule has 1 saturated carbocycles. The van der Waals surface area contributed by atoms with Gasteiger partial charge in [0.05, 0.1) is 0 Å². The van der Waals surface area contributed by atoms with E-state index >= 15 is 0 Å². The first kappa shape index (κ1) is 13.9. The molecule has 4 nitrogen and oxygen atoms in total. The van der Waals surface area contributed by atoms with E-state index in [1.807, 2.05) is 30.3 Å². The molecule has 0 aliphatic heterocycles. The van der Waals surface area contributed by atoms with Crippen LogP contribution in [0.15, 0.2) is 30.3 Å². The highest BCUT2D eigenvalue weighted by Crippen LogP contribution is 2.31. The van der Waals surface area contributed by atoms with Crippen LogP contribution in [0.1, 0.15) is 37.2 Å². The molecule has 0 saturated heterocycles. The Labute approximate surface area is 124 Å². The zero-order chi connectivity index (χ0) is 15.0. The Balaban J connectivity index is 1.85. The lowest BCUT2D eigenvalue weighted by Gasteiger charge is -2.19. The van der Waals surface area contributed by atoms with Crippen molar-refractivity contribution in [3.63, 3.8) is 0 Å². The van der Waals surface area contributed by atoms with E-state index in [0.717, 1.165) is 17.2 Å². The van der Waals surface area contributed by atoms with Crippen LogP contribution in [0, 0.1) is 11.8 Å². The molecule has 1 aliphatic rings. The first-order valence-corrected chi connectivity index (χ1v) is 7.52. The Bertz CT molecular complexity index is 683. The van der Waals surface area contributed by atoms with Crippen molar-refractivity contribution >= 4 is 22.5 Å². The molecule has 1 aromatic carbocycles. The molecule has 4 heteroatoms. The second kappa shape index (κ2) is 5.35. The normalized spacial score (nSPS) is 25.1. The lowest BCUT2D eigenvalue weighted by atomic mass is 9.98. The Hall–Kier alpha value is -2.10. The predicted octanol–water partition coefficient (Wildman–Crippen LogP) is 2.98. The maximum absolute atomic E-state index is 12.4. The summed E-state index contributed by atoms with van der Waals surface area (Å²) in [5.41, 5.74) is 6.36. The number of amides is 1. The number of aromatic nitrogens is 1. The topological polar surface area (TPSA) is 68.0 Å². The summed E-state index contributed by atoms with van der Waals surface area (Å²) < 4.78 is 0. The summed E-state index contributed by atoms with van der Waals surface area (Å²) in [6.07, 6.45) is 2.20. The molecule has 3 unspecified atom stereocenters. The number of nitrogens with one attached hydrogen (secondary N) is 1. The molecular weight excluding hydrogens is 262 g/mol. The molecule has 1 fully saturated rings. The number of carbonyl (C=O) groups excluding carboxylic acids is 1. The van der Waals surface area contributed by atoms with Crippen molar-refractivity contribution in [3.8, 4) is 0 Å². The Kier molecular flexibility index (Phi) is 3.53.